The third-order valence-corrected chi connectivity index (χ3v) is 5.37. The summed E-state index contributed by atoms with van der Waals surface area (Å²) in [5, 5.41) is 8.59. The smallest absolute Gasteiger partial charge is 0.254 e. The summed E-state index contributed by atoms with van der Waals surface area (Å²) in [4.78, 5) is 14.9. The van der Waals surface area contributed by atoms with Gasteiger partial charge in [-0.15, -0.1) is 10.2 Å². The molecule has 6 heteroatoms. The van der Waals surface area contributed by atoms with Crippen molar-refractivity contribution in [2.45, 2.75) is 51.0 Å². The topological polar surface area (TPSA) is 68.5 Å². The number of amides is 1. The van der Waals surface area contributed by atoms with Crippen LogP contribution in [0.4, 0.5) is 0 Å². The minimum Gasteiger partial charge on any atom is -0.423 e. The highest BCUT2D eigenvalue weighted by atomic mass is 16.5. The van der Waals surface area contributed by atoms with Crippen LogP contribution in [0.3, 0.4) is 0 Å². The number of likely N-dealkylation sites (tertiary alicyclic amines) is 1. The largest absolute Gasteiger partial charge is 0.423 e. The standard InChI is InChI=1S/C20H25N3O3/c1-14-5-7-16(8-6-14)20(24)23-11-3-2-4-17(23)19-22-21-18(26-19)15-9-12-25-13-10-15/h5-8,15,17H,2-4,9-13H2,1H3/t17-/m1/s1. The van der Waals surface area contributed by atoms with Crippen molar-refractivity contribution in [3.05, 3.63) is 47.2 Å². The zero-order valence-corrected chi connectivity index (χ0v) is 15.2. The molecule has 0 saturated carbocycles. The highest BCUT2D eigenvalue weighted by Crippen LogP contribution is 2.33. The first-order chi connectivity index (χ1) is 12.7. The summed E-state index contributed by atoms with van der Waals surface area (Å²) in [7, 11) is 0. The van der Waals surface area contributed by atoms with E-state index in [2.05, 4.69) is 10.2 Å². The summed E-state index contributed by atoms with van der Waals surface area (Å²) >= 11 is 0. The Morgan fingerprint density at radius 2 is 1.77 bits per heavy atom. The summed E-state index contributed by atoms with van der Waals surface area (Å²) in [5.74, 6) is 1.58. The van der Waals surface area contributed by atoms with Crippen molar-refractivity contribution in [1.29, 1.82) is 0 Å². The Balaban J connectivity index is 1.54. The van der Waals surface area contributed by atoms with Gasteiger partial charge in [-0.3, -0.25) is 4.79 Å². The molecule has 3 heterocycles. The Kier molecular flexibility index (Phi) is 5.02. The summed E-state index contributed by atoms with van der Waals surface area (Å²) in [6.45, 7) is 4.23. The number of hydrogen-bond donors (Lipinski definition) is 0. The van der Waals surface area contributed by atoms with Gasteiger partial charge in [0.2, 0.25) is 11.8 Å². The SMILES string of the molecule is Cc1ccc(C(=O)N2CCCC[C@@H]2c2nnc(C3CCOCC3)o2)cc1. The van der Waals surface area contributed by atoms with Crippen LogP contribution >= 0.6 is 0 Å². The van der Waals surface area contributed by atoms with Gasteiger partial charge in [0.1, 0.15) is 6.04 Å². The van der Waals surface area contributed by atoms with Crippen molar-refractivity contribution in [1.82, 2.24) is 15.1 Å². The molecule has 0 radical (unpaired) electrons. The molecule has 138 valence electrons. The number of aromatic nitrogens is 2. The van der Waals surface area contributed by atoms with E-state index in [4.69, 9.17) is 9.15 Å². The average Bonchev–Trinajstić information content (AvgIpc) is 3.19. The van der Waals surface area contributed by atoms with E-state index in [1.54, 1.807) is 0 Å². The number of nitrogens with zero attached hydrogens (tertiary/aromatic N) is 3. The lowest BCUT2D eigenvalue weighted by molar-refractivity contribution is 0.0561. The van der Waals surface area contributed by atoms with Crippen LogP contribution < -0.4 is 0 Å². The Morgan fingerprint density at radius 1 is 1.04 bits per heavy atom. The Morgan fingerprint density at radius 3 is 2.54 bits per heavy atom. The monoisotopic (exact) mass is 355 g/mol. The molecule has 0 unspecified atom stereocenters. The van der Waals surface area contributed by atoms with Gasteiger partial charge >= 0.3 is 0 Å². The number of carbonyl (C=O) groups excluding carboxylic acids is 1. The highest BCUT2D eigenvalue weighted by Gasteiger charge is 2.33. The molecule has 2 fully saturated rings. The minimum atomic E-state index is -0.126. The van der Waals surface area contributed by atoms with Crippen LogP contribution in [-0.2, 0) is 4.74 Å². The number of hydrogen-bond acceptors (Lipinski definition) is 5. The molecule has 0 bridgehead atoms. The molecular weight excluding hydrogens is 330 g/mol. The van der Waals surface area contributed by atoms with Crippen molar-refractivity contribution in [2.75, 3.05) is 19.8 Å². The van der Waals surface area contributed by atoms with Gasteiger partial charge in [0.05, 0.1) is 0 Å². The molecular formula is C20H25N3O3. The zero-order chi connectivity index (χ0) is 17.9. The molecule has 4 rings (SSSR count). The number of benzene rings is 1. The summed E-state index contributed by atoms with van der Waals surface area (Å²) < 4.78 is 11.4. The van der Waals surface area contributed by atoms with E-state index < -0.39 is 0 Å². The van der Waals surface area contributed by atoms with Gasteiger partial charge in [-0.2, -0.15) is 0 Å². The fraction of sp³-hybridized carbons (Fsp3) is 0.550. The van der Waals surface area contributed by atoms with Gasteiger partial charge in [0, 0.05) is 31.2 Å². The number of rotatable bonds is 3. The lowest BCUT2D eigenvalue weighted by Crippen LogP contribution is -2.38. The summed E-state index contributed by atoms with van der Waals surface area (Å²) in [5.41, 5.74) is 1.86. The third-order valence-electron chi connectivity index (χ3n) is 5.37. The first kappa shape index (κ1) is 17.2. The predicted molar refractivity (Wildman–Crippen MR) is 95.9 cm³/mol. The lowest BCUT2D eigenvalue weighted by atomic mass is 10.00. The second-order valence-electron chi connectivity index (χ2n) is 7.24. The molecule has 1 amide bonds. The van der Waals surface area contributed by atoms with Crippen molar-refractivity contribution in [3.63, 3.8) is 0 Å². The highest BCUT2D eigenvalue weighted by molar-refractivity contribution is 5.94. The molecule has 0 N–H and O–H groups in total. The summed E-state index contributed by atoms with van der Waals surface area (Å²) in [6.07, 6.45) is 4.77. The fourth-order valence-corrected chi connectivity index (χ4v) is 3.78. The molecule has 2 saturated heterocycles. The first-order valence-corrected chi connectivity index (χ1v) is 9.51. The summed E-state index contributed by atoms with van der Waals surface area (Å²) in [6, 6.07) is 7.61. The molecule has 2 aromatic rings. The normalized spacial score (nSPS) is 21.7. The van der Waals surface area contributed by atoms with Crippen molar-refractivity contribution < 1.29 is 13.9 Å². The van der Waals surface area contributed by atoms with E-state index >= 15 is 0 Å². The van der Waals surface area contributed by atoms with Crippen molar-refractivity contribution in [3.8, 4) is 0 Å². The average molecular weight is 355 g/mol. The maximum absolute atomic E-state index is 13.0. The molecule has 0 aliphatic carbocycles. The Bertz CT molecular complexity index is 750. The second kappa shape index (κ2) is 7.58. The van der Waals surface area contributed by atoms with Gasteiger partial charge in [0.25, 0.3) is 5.91 Å². The quantitative estimate of drug-likeness (QED) is 0.841. The van der Waals surface area contributed by atoms with Gasteiger partial charge in [0.15, 0.2) is 0 Å². The number of aryl methyl sites for hydroxylation is 1. The molecule has 26 heavy (non-hydrogen) atoms. The van der Waals surface area contributed by atoms with Crippen LogP contribution in [0.2, 0.25) is 0 Å². The minimum absolute atomic E-state index is 0.0421. The first-order valence-electron chi connectivity index (χ1n) is 9.51. The molecule has 2 aliphatic rings. The maximum Gasteiger partial charge on any atom is 0.254 e. The maximum atomic E-state index is 13.0. The van der Waals surface area contributed by atoms with Crippen LogP contribution in [0, 0.1) is 6.92 Å². The zero-order valence-electron chi connectivity index (χ0n) is 15.2. The van der Waals surface area contributed by atoms with Gasteiger partial charge in [-0.05, 0) is 51.2 Å². The molecule has 6 nitrogen and oxygen atoms in total. The van der Waals surface area contributed by atoms with Crippen LogP contribution in [-0.4, -0.2) is 40.8 Å². The number of ether oxygens (including phenoxy) is 1. The van der Waals surface area contributed by atoms with E-state index in [0.29, 0.717) is 17.3 Å². The fourth-order valence-electron chi connectivity index (χ4n) is 3.78. The van der Waals surface area contributed by atoms with E-state index in [9.17, 15) is 4.79 Å². The molecule has 1 atom stereocenters. The van der Waals surface area contributed by atoms with E-state index in [1.807, 2.05) is 36.1 Å². The molecule has 2 aliphatic heterocycles. The van der Waals surface area contributed by atoms with Gasteiger partial charge < -0.3 is 14.1 Å². The van der Waals surface area contributed by atoms with Crippen molar-refractivity contribution >= 4 is 5.91 Å². The van der Waals surface area contributed by atoms with E-state index in [0.717, 1.165) is 57.4 Å². The van der Waals surface area contributed by atoms with Gasteiger partial charge in [-0.1, -0.05) is 17.7 Å². The van der Waals surface area contributed by atoms with Crippen LogP contribution in [0.25, 0.3) is 0 Å². The van der Waals surface area contributed by atoms with Crippen LogP contribution in [0.15, 0.2) is 28.7 Å². The predicted octanol–water partition coefficient (Wildman–Crippen LogP) is 3.64. The number of carbonyl (C=O) groups is 1. The molecule has 0 spiro atoms. The molecule has 1 aromatic heterocycles. The lowest BCUT2D eigenvalue weighted by Gasteiger charge is -2.33. The number of piperidine rings is 1. The van der Waals surface area contributed by atoms with Gasteiger partial charge in [-0.25, -0.2) is 0 Å². The molecule has 1 aromatic carbocycles. The second-order valence-corrected chi connectivity index (χ2v) is 7.24. The van der Waals surface area contributed by atoms with Crippen molar-refractivity contribution in [2.24, 2.45) is 0 Å². The van der Waals surface area contributed by atoms with Crippen LogP contribution in [0.1, 0.15) is 71.8 Å². The Labute approximate surface area is 153 Å². The van der Waals surface area contributed by atoms with Crippen LogP contribution in [0.5, 0.6) is 0 Å². The van der Waals surface area contributed by atoms with E-state index in [1.165, 1.54) is 0 Å². The van der Waals surface area contributed by atoms with E-state index in [-0.39, 0.29) is 17.9 Å². The Hall–Kier alpha value is -2.21. The third kappa shape index (κ3) is 3.51.